The summed E-state index contributed by atoms with van der Waals surface area (Å²) < 4.78 is 0. The van der Waals surface area contributed by atoms with Crippen molar-refractivity contribution >= 4 is 17.8 Å². The molecule has 17 heavy (non-hydrogen) atoms. The lowest BCUT2D eigenvalue weighted by Gasteiger charge is -2.18. The second kappa shape index (κ2) is 5.65. The molecule has 1 aliphatic heterocycles. The molecule has 1 saturated heterocycles. The fourth-order valence-electron chi connectivity index (χ4n) is 1.78. The molecule has 0 saturated carbocycles. The van der Waals surface area contributed by atoms with Crippen LogP contribution in [0.15, 0.2) is 0 Å². The quantitative estimate of drug-likeness (QED) is 0.626. The average molecular weight is 242 g/mol. The third kappa shape index (κ3) is 4.05. The Labute approximate surface area is 99.8 Å². The van der Waals surface area contributed by atoms with Crippen molar-refractivity contribution < 1.29 is 19.5 Å². The molecule has 0 aromatic rings. The smallest absolute Gasteiger partial charge is 0.326 e. The number of carboxylic acids is 1. The highest BCUT2D eigenvalue weighted by Gasteiger charge is 2.30. The highest BCUT2D eigenvalue weighted by Crippen LogP contribution is 2.09. The molecule has 0 aliphatic carbocycles. The maximum Gasteiger partial charge on any atom is 0.326 e. The fourth-order valence-corrected chi connectivity index (χ4v) is 1.78. The first-order valence-electron chi connectivity index (χ1n) is 5.72. The van der Waals surface area contributed by atoms with Crippen molar-refractivity contribution in [3.05, 3.63) is 0 Å². The lowest BCUT2D eigenvalue weighted by atomic mass is 10.0. The number of hydrogen-bond donors (Lipinski definition) is 3. The van der Waals surface area contributed by atoms with Crippen molar-refractivity contribution in [3.63, 3.8) is 0 Å². The van der Waals surface area contributed by atoms with Gasteiger partial charge in [-0.2, -0.15) is 0 Å². The van der Waals surface area contributed by atoms with Crippen LogP contribution < -0.4 is 10.6 Å². The summed E-state index contributed by atoms with van der Waals surface area (Å²) in [7, 11) is 0. The Morgan fingerprint density at radius 3 is 2.59 bits per heavy atom. The molecule has 2 amide bonds. The van der Waals surface area contributed by atoms with Crippen molar-refractivity contribution in [2.75, 3.05) is 0 Å². The normalized spacial score (nSPS) is 21.1. The molecule has 2 atom stereocenters. The lowest BCUT2D eigenvalue weighted by molar-refractivity contribution is -0.142. The average Bonchev–Trinajstić information content (AvgIpc) is 2.63. The Balaban J connectivity index is 2.52. The minimum Gasteiger partial charge on any atom is -0.480 e. The van der Waals surface area contributed by atoms with E-state index in [9.17, 15) is 14.4 Å². The van der Waals surface area contributed by atoms with E-state index >= 15 is 0 Å². The first kappa shape index (κ1) is 13.5. The number of carbonyl (C=O) groups is 3. The maximum absolute atomic E-state index is 11.7. The van der Waals surface area contributed by atoms with Crippen LogP contribution in [0.2, 0.25) is 0 Å². The molecule has 1 fully saturated rings. The van der Waals surface area contributed by atoms with Gasteiger partial charge in [-0.15, -0.1) is 0 Å². The maximum atomic E-state index is 11.7. The Kier molecular flexibility index (Phi) is 4.48. The number of amides is 2. The van der Waals surface area contributed by atoms with Crippen LogP contribution in [0.4, 0.5) is 0 Å². The van der Waals surface area contributed by atoms with Gasteiger partial charge >= 0.3 is 5.97 Å². The van der Waals surface area contributed by atoms with Gasteiger partial charge in [-0.3, -0.25) is 9.59 Å². The highest BCUT2D eigenvalue weighted by molar-refractivity contribution is 5.92. The highest BCUT2D eigenvalue weighted by atomic mass is 16.4. The van der Waals surface area contributed by atoms with Crippen LogP contribution in [0.5, 0.6) is 0 Å². The van der Waals surface area contributed by atoms with Gasteiger partial charge in [0.2, 0.25) is 11.8 Å². The lowest BCUT2D eigenvalue weighted by Crippen LogP contribution is -2.49. The summed E-state index contributed by atoms with van der Waals surface area (Å²) >= 11 is 0. The van der Waals surface area contributed by atoms with Crippen LogP contribution in [-0.4, -0.2) is 35.0 Å². The van der Waals surface area contributed by atoms with Gasteiger partial charge < -0.3 is 15.7 Å². The van der Waals surface area contributed by atoms with Gasteiger partial charge in [0.25, 0.3) is 0 Å². The molecular formula is C11H18N2O4. The summed E-state index contributed by atoms with van der Waals surface area (Å²) in [5.74, 6) is -1.45. The Bertz CT molecular complexity index is 327. The molecule has 96 valence electrons. The van der Waals surface area contributed by atoms with E-state index in [1.54, 1.807) is 0 Å². The molecule has 6 nitrogen and oxygen atoms in total. The van der Waals surface area contributed by atoms with E-state index in [0.717, 1.165) is 0 Å². The number of carboxylic acid groups (broad SMARTS) is 1. The van der Waals surface area contributed by atoms with Gasteiger partial charge in [-0.05, 0) is 18.8 Å². The van der Waals surface area contributed by atoms with Gasteiger partial charge in [-0.25, -0.2) is 4.79 Å². The van der Waals surface area contributed by atoms with E-state index in [4.69, 9.17) is 5.11 Å². The van der Waals surface area contributed by atoms with Crippen LogP contribution >= 0.6 is 0 Å². The molecule has 1 rings (SSSR count). The molecule has 0 aromatic heterocycles. The summed E-state index contributed by atoms with van der Waals surface area (Å²) in [6.45, 7) is 3.78. The van der Waals surface area contributed by atoms with Crippen molar-refractivity contribution in [2.24, 2.45) is 5.92 Å². The minimum absolute atomic E-state index is 0.166. The zero-order chi connectivity index (χ0) is 13.0. The van der Waals surface area contributed by atoms with Crippen LogP contribution in [-0.2, 0) is 14.4 Å². The molecule has 3 N–H and O–H groups in total. The number of carbonyl (C=O) groups excluding carboxylic acids is 2. The Morgan fingerprint density at radius 1 is 1.53 bits per heavy atom. The molecule has 0 spiro atoms. The van der Waals surface area contributed by atoms with E-state index in [1.807, 2.05) is 13.8 Å². The van der Waals surface area contributed by atoms with E-state index in [-0.39, 0.29) is 11.8 Å². The van der Waals surface area contributed by atoms with Crippen LogP contribution in [0.25, 0.3) is 0 Å². The van der Waals surface area contributed by atoms with Crippen LogP contribution in [0.3, 0.4) is 0 Å². The molecule has 1 unspecified atom stereocenters. The van der Waals surface area contributed by atoms with E-state index in [2.05, 4.69) is 10.6 Å². The first-order valence-corrected chi connectivity index (χ1v) is 5.72. The summed E-state index contributed by atoms with van der Waals surface area (Å²) in [6.07, 6.45) is 1.13. The number of hydrogen-bond acceptors (Lipinski definition) is 3. The van der Waals surface area contributed by atoms with Gasteiger partial charge in [0, 0.05) is 6.42 Å². The Hall–Kier alpha value is -1.59. The number of rotatable bonds is 5. The second-order valence-corrected chi connectivity index (χ2v) is 4.69. The van der Waals surface area contributed by atoms with E-state index in [1.165, 1.54) is 0 Å². The van der Waals surface area contributed by atoms with Crippen LogP contribution in [0, 0.1) is 5.92 Å². The molecule has 1 heterocycles. The SMILES string of the molecule is CC(C)CC(NC(=O)[C@H]1CCC(=O)N1)C(=O)O. The molecule has 1 aliphatic rings. The third-order valence-electron chi connectivity index (χ3n) is 2.63. The molecular weight excluding hydrogens is 224 g/mol. The second-order valence-electron chi connectivity index (χ2n) is 4.69. The molecule has 0 radical (unpaired) electrons. The largest absolute Gasteiger partial charge is 0.480 e. The van der Waals surface area contributed by atoms with Gasteiger partial charge in [0.1, 0.15) is 12.1 Å². The summed E-state index contributed by atoms with van der Waals surface area (Å²) in [5.41, 5.74) is 0. The predicted molar refractivity (Wildman–Crippen MR) is 60.2 cm³/mol. The molecule has 0 bridgehead atoms. The van der Waals surface area contributed by atoms with Crippen molar-refractivity contribution in [1.82, 2.24) is 10.6 Å². The van der Waals surface area contributed by atoms with Gasteiger partial charge in [0.15, 0.2) is 0 Å². The zero-order valence-corrected chi connectivity index (χ0v) is 10.0. The van der Waals surface area contributed by atoms with Crippen molar-refractivity contribution in [3.8, 4) is 0 Å². The van der Waals surface area contributed by atoms with Crippen molar-refractivity contribution in [2.45, 2.75) is 45.2 Å². The monoisotopic (exact) mass is 242 g/mol. The predicted octanol–water partition coefficient (Wildman–Crippen LogP) is -0.119. The summed E-state index contributed by atoms with van der Waals surface area (Å²) in [6, 6.07) is -1.48. The zero-order valence-electron chi connectivity index (χ0n) is 10.0. The van der Waals surface area contributed by atoms with Gasteiger partial charge in [0.05, 0.1) is 0 Å². The number of nitrogens with one attached hydrogen (secondary N) is 2. The fraction of sp³-hybridized carbons (Fsp3) is 0.727. The third-order valence-corrected chi connectivity index (χ3v) is 2.63. The summed E-state index contributed by atoms with van der Waals surface area (Å²) in [4.78, 5) is 33.6. The molecule has 0 aromatic carbocycles. The number of aliphatic carboxylic acids is 1. The standard InChI is InChI=1S/C11H18N2O4/c1-6(2)5-8(11(16)17)13-10(15)7-3-4-9(14)12-7/h6-8H,3-5H2,1-2H3,(H,12,14)(H,13,15)(H,16,17)/t7-,8?/m1/s1. The summed E-state index contributed by atoms with van der Waals surface area (Å²) in [5, 5.41) is 13.9. The van der Waals surface area contributed by atoms with E-state index < -0.39 is 24.0 Å². The van der Waals surface area contributed by atoms with Crippen LogP contribution in [0.1, 0.15) is 33.1 Å². The first-order chi connectivity index (χ1) is 7.90. The Morgan fingerprint density at radius 2 is 2.18 bits per heavy atom. The van der Waals surface area contributed by atoms with Crippen molar-refractivity contribution in [1.29, 1.82) is 0 Å². The minimum atomic E-state index is -1.05. The molecule has 6 heteroatoms. The van der Waals surface area contributed by atoms with Gasteiger partial charge in [-0.1, -0.05) is 13.8 Å². The topological polar surface area (TPSA) is 95.5 Å². The van der Waals surface area contributed by atoms with E-state index in [0.29, 0.717) is 19.3 Å².